The first-order valence-electron chi connectivity index (χ1n) is 10.9. The summed E-state index contributed by atoms with van der Waals surface area (Å²) < 4.78 is 27.2. The summed E-state index contributed by atoms with van der Waals surface area (Å²) in [6, 6.07) is 11.4. The number of nitrogens with zero attached hydrogens (tertiary/aromatic N) is 2. The van der Waals surface area contributed by atoms with Crippen molar-refractivity contribution in [2.24, 2.45) is 0 Å². The first-order chi connectivity index (χ1) is 15.8. The number of amides is 2. The van der Waals surface area contributed by atoms with Crippen molar-refractivity contribution in [2.45, 2.75) is 52.7 Å². The van der Waals surface area contributed by atoms with Crippen molar-refractivity contribution in [3.8, 4) is 0 Å². The van der Waals surface area contributed by atoms with E-state index in [0.29, 0.717) is 16.3 Å². The average Bonchev–Trinajstić information content (AvgIpc) is 2.76. The highest BCUT2D eigenvalue weighted by molar-refractivity contribution is 9.10. The van der Waals surface area contributed by atoms with Gasteiger partial charge < -0.3 is 10.2 Å². The lowest BCUT2D eigenvalue weighted by molar-refractivity contribution is -0.139. The highest BCUT2D eigenvalue weighted by atomic mass is 79.9. The zero-order valence-corrected chi connectivity index (χ0v) is 23.2. The van der Waals surface area contributed by atoms with Crippen LogP contribution in [0.4, 0.5) is 5.69 Å². The van der Waals surface area contributed by atoms with Crippen LogP contribution in [0.1, 0.15) is 38.3 Å². The molecule has 0 radical (unpaired) electrons. The number of aryl methyl sites for hydroxylation is 1. The molecule has 0 fully saturated rings. The molecule has 0 heterocycles. The molecule has 2 rings (SSSR count). The summed E-state index contributed by atoms with van der Waals surface area (Å²) in [7, 11) is -3.82. The van der Waals surface area contributed by atoms with E-state index in [1.165, 1.54) is 11.0 Å². The van der Waals surface area contributed by atoms with Crippen molar-refractivity contribution in [2.75, 3.05) is 17.1 Å². The molecular formula is C24H31BrClN3O4S. The summed E-state index contributed by atoms with van der Waals surface area (Å²) in [5, 5.41) is 3.26. The van der Waals surface area contributed by atoms with Crippen LogP contribution in [0.3, 0.4) is 0 Å². The third-order valence-corrected chi connectivity index (χ3v) is 7.38. The Kier molecular flexibility index (Phi) is 9.96. The minimum atomic E-state index is -3.82. The fraction of sp³-hybridized carbons (Fsp3) is 0.417. The van der Waals surface area contributed by atoms with Crippen LogP contribution in [0, 0.1) is 6.92 Å². The lowest BCUT2D eigenvalue weighted by Crippen LogP contribution is -2.52. The molecule has 2 atom stereocenters. The predicted octanol–water partition coefficient (Wildman–Crippen LogP) is 4.51. The fourth-order valence-corrected chi connectivity index (χ4v) is 4.84. The van der Waals surface area contributed by atoms with E-state index in [0.717, 1.165) is 27.0 Å². The number of nitrogens with one attached hydrogen (secondary N) is 1. The molecular weight excluding hydrogens is 542 g/mol. The summed E-state index contributed by atoms with van der Waals surface area (Å²) in [4.78, 5) is 27.9. The molecule has 0 aromatic heterocycles. The smallest absolute Gasteiger partial charge is 0.244 e. The lowest BCUT2D eigenvalue weighted by Gasteiger charge is -2.32. The minimum absolute atomic E-state index is 0.0561. The Morgan fingerprint density at radius 3 is 2.41 bits per heavy atom. The summed E-state index contributed by atoms with van der Waals surface area (Å²) in [6.07, 6.45) is 1.78. The molecule has 10 heteroatoms. The van der Waals surface area contributed by atoms with Gasteiger partial charge in [0.05, 0.1) is 11.9 Å². The molecule has 2 aromatic rings. The molecule has 0 saturated carbocycles. The van der Waals surface area contributed by atoms with E-state index in [9.17, 15) is 18.0 Å². The van der Waals surface area contributed by atoms with Crippen LogP contribution < -0.4 is 9.62 Å². The summed E-state index contributed by atoms with van der Waals surface area (Å²) in [5.41, 5.74) is 1.78. The molecule has 0 aliphatic rings. The van der Waals surface area contributed by atoms with Gasteiger partial charge in [-0.05, 0) is 62.6 Å². The topological polar surface area (TPSA) is 86.8 Å². The average molecular weight is 573 g/mol. The second-order valence-electron chi connectivity index (χ2n) is 8.35. The second-order valence-corrected chi connectivity index (χ2v) is 11.6. The van der Waals surface area contributed by atoms with Crippen LogP contribution in [-0.4, -0.2) is 50.0 Å². The van der Waals surface area contributed by atoms with E-state index in [-0.39, 0.29) is 18.5 Å². The van der Waals surface area contributed by atoms with Gasteiger partial charge in [0.25, 0.3) is 0 Å². The Morgan fingerprint density at radius 1 is 1.15 bits per heavy atom. The molecule has 2 aromatic carbocycles. The maximum Gasteiger partial charge on any atom is 0.244 e. The van der Waals surface area contributed by atoms with Gasteiger partial charge in [-0.25, -0.2) is 8.42 Å². The molecule has 0 unspecified atom stereocenters. The Labute approximate surface area is 215 Å². The molecule has 2 amide bonds. The van der Waals surface area contributed by atoms with Gasteiger partial charge in [0.2, 0.25) is 21.8 Å². The highest BCUT2D eigenvalue weighted by Crippen LogP contribution is 2.27. The standard InChI is InChI=1S/C24H31BrClN3O4S/c1-6-17(3)27-24(31)18(4)28(14-19-8-7-9-20(25)12-19)23(30)15-29(34(5,32)33)22-13-21(26)11-10-16(22)2/h7-13,17-18H,6,14-15H2,1-5H3,(H,27,31)/t17-,18-/m0/s1. The Hall–Kier alpha value is -2.10. The number of anilines is 1. The van der Waals surface area contributed by atoms with Gasteiger partial charge in [0.15, 0.2) is 0 Å². The molecule has 7 nitrogen and oxygen atoms in total. The van der Waals surface area contributed by atoms with E-state index in [1.54, 1.807) is 26.0 Å². The van der Waals surface area contributed by atoms with Crippen LogP contribution >= 0.6 is 27.5 Å². The number of halogens is 2. The first kappa shape index (κ1) is 28.1. The normalized spacial score (nSPS) is 13.1. The van der Waals surface area contributed by atoms with Gasteiger partial charge in [-0.1, -0.05) is 52.7 Å². The van der Waals surface area contributed by atoms with Crippen LogP contribution in [0.25, 0.3) is 0 Å². The van der Waals surface area contributed by atoms with Crippen molar-refractivity contribution < 1.29 is 18.0 Å². The Bertz CT molecular complexity index is 1140. The maximum absolute atomic E-state index is 13.6. The van der Waals surface area contributed by atoms with E-state index >= 15 is 0 Å². The van der Waals surface area contributed by atoms with Crippen LogP contribution in [0.15, 0.2) is 46.9 Å². The second kappa shape index (κ2) is 12.0. The molecule has 0 aliphatic carbocycles. The third-order valence-electron chi connectivity index (χ3n) is 5.53. The molecule has 1 N–H and O–H groups in total. The van der Waals surface area contributed by atoms with Gasteiger partial charge in [-0.15, -0.1) is 0 Å². The van der Waals surface area contributed by atoms with Gasteiger partial charge in [0, 0.05) is 22.1 Å². The van der Waals surface area contributed by atoms with Crippen molar-refractivity contribution in [1.29, 1.82) is 0 Å². The lowest BCUT2D eigenvalue weighted by atomic mass is 10.1. The summed E-state index contributed by atoms with van der Waals surface area (Å²) in [5.74, 6) is -0.806. The number of rotatable bonds is 10. The quantitative estimate of drug-likeness (QED) is 0.454. The number of sulfonamides is 1. The number of carbonyl (C=O) groups excluding carboxylic acids is 2. The summed E-state index contributed by atoms with van der Waals surface area (Å²) in [6.45, 7) is 6.91. The van der Waals surface area contributed by atoms with Gasteiger partial charge >= 0.3 is 0 Å². The van der Waals surface area contributed by atoms with Gasteiger partial charge in [-0.2, -0.15) is 0 Å². The first-order valence-corrected chi connectivity index (χ1v) is 13.9. The fourth-order valence-electron chi connectivity index (χ4n) is 3.33. The Morgan fingerprint density at radius 2 is 1.82 bits per heavy atom. The van der Waals surface area contributed by atoms with E-state index in [1.807, 2.05) is 38.1 Å². The van der Waals surface area contributed by atoms with Crippen LogP contribution in [0.5, 0.6) is 0 Å². The van der Waals surface area contributed by atoms with Crippen LogP contribution in [0.2, 0.25) is 5.02 Å². The Balaban J connectivity index is 2.43. The van der Waals surface area contributed by atoms with Crippen molar-refractivity contribution in [3.63, 3.8) is 0 Å². The number of carbonyl (C=O) groups is 2. The number of benzene rings is 2. The van der Waals surface area contributed by atoms with E-state index in [2.05, 4.69) is 21.2 Å². The van der Waals surface area contributed by atoms with Crippen LogP contribution in [-0.2, 0) is 26.2 Å². The number of hydrogen-bond acceptors (Lipinski definition) is 4. The molecule has 0 aliphatic heterocycles. The largest absolute Gasteiger partial charge is 0.352 e. The minimum Gasteiger partial charge on any atom is -0.352 e. The molecule has 186 valence electrons. The van der Waals surface area contributed by atoms with E-state index < -0.39 is 28.5 Å². The van der Waals surface area contributed by atoms with Crippen molar-refractivity contribution in [3.05, 3.63) is 63.1 Å². The van der Waals surface area contributed by atoms with E-state index in [4.69, 9.17) is 11.6 Å². The van der Waals surface area contributed by atoms with Crippen molar-refractivity contribution in [1.82, 2.24) is 10.2 Å². The highest BCUT2D eigenvalue weighted by Gasteiger charge is 2.31. The maximum atomic E-state index is 13.6. The molecule has 0 saturated heterocycles. The zero-order chi connectivity index (χ0) is 25.6. The number of hydrogen-bond donors (Lipinski definition) is 1. The van der Waals surface area contributed by atoms with Gasteiger partial charge in [0.1, 0.15) is 12.6 Å². The zero-order valence-electron chi connectivity index (χ0n) is 20.0. The van der Waals surface area contributed by atoms with Crippen molar-refractivity contribution >= 4 is 55.1 Å². The molecule has 0 spiro atoms. The SMILES string of the molecule is CC[C@H](C)NC(=O)[C@H](C)N(Cc1cccc(Br)c1)C(=O)CN(c1cc(Cl)ccc1C)S(C)(=O)=O. The molecule has 0 bridgehead atoms. The third kappa shape index (κ3) is 7.71. The monoisotopic (exact) mass is 571 g/mol. The summed E-state index contributed by atoms with van der Waals surface area (Å²) >= 11 is 9.54. The predicted molar refractivity (Wildman–Crippen MR) is 140 cm³/mol. The molecule has 34 heavy (non-hydrogen) atoms. The van der Waals surface area contributed by atoms with Gasteiger partial charge in [-0.3, -0.25) is 13.9 Å².